The van der Waals surface area contributed by atoms with E-state index in [1.165, 1.54) is 5.56 Å². The summed E-state index contributed by atoms with van der Waals surface area (Å²) in [5, 5.41) is 10.4. The molecule has 3 aromatic rings. The topological polar surface area (TPSA) is 42.6 Å². The monoisotopic (exact) mass is 278 g/mol. The summed E-state index contributed by atoms with van der Waals surface area (Å²) in [4.78, 5) is 0. The van der Waals surface area contributed by atoms with Gasteiger partial charge in [0, 0.05) is 17.7 Å². The fourth-order valence-electron chi connectivity index (χ4n) is 2.96. The second-order valence-electron chi connectivity index (χ2n) is 5.16. The van der Waals surface area contributed by atoms with E-state index < -0.39 is 0 Å². The van der Waals surface area contributed by atoms with Crippen molar-refractivity contribution in [2.75, 3.05) is 0 Å². The van der Waals surface area contributed by atoms with E-state index in [4.69, 9.17) is 9.15 Å². The number of hydrogen-bond acceptors (Lipinski definition) is 3. The Labute approximate surface area is 122 Å². The van der Waals surface area contributed by atoms with Crippen molar-refractivity contribution in [2.24, 2.45) is 0 Å². The van der Waals surface area contributed by atoms with E-state index in [0.29, 0.717) is 18.1 Å². The summed E-state index contributed by atoms with van der Waals surface area (Å²) in [6.07, 6.45) is 1.64. The molecule has 2 heterocycles. The number of fused-ring (bicyclic) bond motifs is 3. The molecule has 3 heteroatoms. The summed E-state index contributed by atoms with van der Waals surface area (Å²) in [6.45, 7) is 0. The zero-order valence-corrected chi connectivity index (χ0v) is 11.3. The van der Waals surface area contributed by atoms with Crippen LogP contribution in [0.3, 0.4) is 0 Å². The molecule has 0 saturated heterocycles. The average molecular weight is 278 g/mol. The van der Waals surface area contributed by atoms with Crippen LogP contribution in [-0.2, 0) is 0 Å². The zero-order valence-electron chi connectivity index (χ0n) is 11.3. The third-order valence-corrected chi connectivity index (χ3v) is 3.92. The summed E-state index contributed by atoms with van der Waals surface area (Å²) in [5.74, 6) is 1.13. The Morgan fingerprint density at radius 3 is 2.57 bits per heavy atom. The van der Waals surface area contributed by atoms with Crippen molar-refractivity contribution in [2.45, 2.75) is 12.3 Å². The Hall–Kier alpha value is -2.68. The van der Waals surface area contributed by atoms with Gasteiger partial charge in [-0.2, -0.15) is 0 Å². The molecule has 3 nitrogen and oxygen atoms in total. The molecule has 0 unspecified atom stereocenters. The molecule has 4 rings (SSSR count). The first-order chi connectivity index (χ1) is 10.4. The average Bonchev–Trinajstić information content (AvgIpc) is 2.93. The van der Waals surface area contributed by atoms with E-state index >= 15 is 0 Å². The Morgan fingerprint density at radius 1 is 1.00 bits per heavy atom. The normalized spacial score (nSPS) is 19.4. The third-order valence-electron chi connectivity index (χ3n) is 3.92. The van der Waals surface area contributed by atoms with Gasteiger partial charge >= 0.3 is 0 Å². The number of aliphatic hydroxyl groups is 1. The fourth-order valence-corrected chi connectivity index (χ4v) is 2.96. The van der Waals surface area contributed by atoms with Crippen LogP contribution in [0.2, 0.25) is 0 Å². The van der Waals surface area contributed by atoms with E-state index in [1.807, 2.05) is 42.5 Å². The van der Waals surface area contributed by atoms with Gasteiger partial charge in [0.25, 0.3) is 5.95 Å². The molecule has 1 aliphatic rings. The highest BCUT2D eigenvalue weighted by Crippen LogP contribution is 2.47. The van der Waals surface area contributed by atoms with Crippen LogP contribution in [0.5, 0.6) is 5.95 Å². The maximum absolute atomic E-state index is 9.33. The van der Waals surface area contributed by atoms with Crippen LogP contribution < -0.4 is 4.74 Å². The Morgan fingerprint density at radius 2 is 1.76 bits per heavy atom. The SMILES string of the molecule is O/C=C1/C[C@@H](c2ccccc2)c2c(oc3ccccc23)O1. The lowest BCUT2D eigenvalue weighted by atomic mass is 9.86. The number of furan rings is 1. The minimum Gasteiger partial charge on any atom is -0.512 e. The lowest BCUT2D eigenvalue weighted by molar-refractivity contribution is 0.269. The number of benzene rings is 2. The number of allylic oxidation sites excluding steroid dienone is 1. The van der Waals surface area contributed by atoms with Crippen molar-refractivity contribution in [3.63, 3.8) is 0 Å². The van der Waals surface area contributed by atoms with Crippen LogP contribution in [0.25, 0.3) is 11.0 Å². The smallest absolute Gasteiger partial charge is 0.294 e. The first-order valence-electron chi connectivity index (χ1n) is 6.94. The molecule has 2 aromatic carbocycles. The highest BCUT2D eigenvalue weighted by Gasteiger charge is 2.31. The van der Waals surface area contributed by atoms with Gasteiger partial charge in [-0.25, -0.2) is 0 Å². The number of para-hydroxylation sites is 1. The molecule has 0 amide bonds. The molecule has 1 N–H and O–H groups in total. The Kier molecular flexibility index (Phi) is 2.71. The van der Waals surface area contributed by atoms with Crippen molar-refractivity contribution >= 4 is 11.0 Å². The Balaban J connectivity index is 1.96. The quantitative estimate of drug-likeness (QED) is 0.653. The van der Waals surface area contributed by atoms with Crippen LogP contribution in [0.1, 0.15) is 23.5 Å². The molecule has 104 valence electrons. The van der Waals surface area contributed by atoms with E-state index in [-0.39, 0.29) is 5.92 Å². The van der Waals surface area contributed by atoms with Crippen molar-refractivity contribution in [1.82, 2.24) is 0 Å². The molecule has 1 aromatic heterocycles. The molecule has 21 heavy (non-hydrogen) atoms. The second-order valence-corrected chi connectivity index (χ2v) is 5.16. The molecule has 0 aliphatic carbocycles. The standard InChI is InChI=1S/C18H14O3/c19-11-13-10-15(12-6-2-1-3-7-12)17-14-8-4-5-9-16(14)21-18(17)20-13/h1-9,11,15,19H,10H2/b13-11-/t15-/m0/s1. The Bertz CT molecular complexity index is 815. The number of rotatable bonds is 1. The van der Waals surface area contributed by atoms with Crippen molar-refractivity contribution in [3.8, 4) is 5.95 Å². The van der Waals surface area contributed by atoms with Gasteiger partial charge in [-0.15, -0.1) is 0 Å². The summed E-state index contributed by atoms with van der Waals surface area (Å²) in [5.41, 5.74) is 3.05. The van der Waals surface area contributed by atoms with Gasteiger partial charge in [-0.05, 0) is 11.6 Å². The van der Waals surface area contributed by atoms with Crippen LogP contribution in [0.15, 0.2) is 71.0 Å². The minimum atomic E-state index is 0.122. The van der Waals surface area contributed by atoms with Gasteiger partial charge in [-0.3, -0.25) is 0 Å². The zero-order chi connectivity index (χ0) is 14.2. The highest BCUT2D eigenvalue weighted by molar-refractivity contribution is 5.85. The van der Waals surface area contributed by atoms with E-state index in [2.05, 4.69) is 12.1 Å². The predicted molar refractivity (Wildman–Crippen MR) is 80.5 cm³/mol. The van der Waals surface area contributed by atoms with Crippen LogP contribution >= 0.6 is 0 Å². The summed E-state index contributed by atoms with van der Waals surface area (Å²) >= 11 is 0. The highest BCUT2D eigenvalue weighted by atomic mass is 16.6. The van der Waals surface area contributed by atoms with Gasteiger partial charge in [0.1, 0.15) is 17.6 Å². The fraction of sp³-hybridized carbons (Fsp3) is 0.111. The third kappa shape index (κ3) is 1.89. The lowest BCUT2D eigenvalue weighted by Crippen LogP contribution is -2.12. The number of hydrogen-bond donors (Lipinski definition) is 1. The van der Waals surface area contributed by atoms with E-state index in [9.17, 15) is 5.11 Å². The molecule has 1 aliphatic heterocycles. The molecule has 0 fully saturated rings. The van der Waals surface area contributed by atoms with Gasteiger partial charge < -0.3 is 14.3 Å². The van der Waals surface area contributed by atoms with Gasteiger partial charge in [-0.1, -0.05) is 48.5 Å². The molecule has 0 saturated carbocycles. The molecular formula is C18H14O3. The second kappa shape index (κ2) is 4.70. The number of aliphatic hydroxyl groups excluding tert-OH is 1. The van der Waals surface area contributed by atoms with Crippen LogP contribution in [0.4, 0.5) is 0 Å². The number of ether oxygens (including phenoxy) is 1. The molecule has 0 spiro atoms. The van der Waals surface area contributed by atoms with Gasteiger partial charge in [0.2, 0.25) is 0 Å². The lowest BCUT2D eigenvalue weighted by Gasteiger charge is -2.23. The molecule has 1 atom stereocenters. The van der Waals surface area contributed by atoms with Gasteiger partial charge in [0.15, 0.2) is 0 Å². The van der Waals surface area contributed by atoms with Crippen molar-refractivity contribution in [3.05, 3.63) is 77.7 Å². The molecular weight excluding hydrogens is 264 g/mol. The van der Waals surface area contributed by atoms with Crippen molar-refractivity contribution < 1.29 is 14.3 Å². The summed E-state index contributed by atoms with van der Waals surface area (Å²) in [7, 11) is 0. The maximum Gasteiger partial charge on any atom is 0.294 e. The summed E-state index contributed by atoms with van der Waals surface area (Å²) in [6, 6.07) is 18.2. The van der Waals surface area contributed by atoms with Crippen LogP contribution in [0, 0.1) is 0 Å². The largest absolute Gasteiger partial charge is 0.512 e. The predicted octanol–water partition coefficient (Wildman–Crippen LogP) is 4.75. The minimum absolute atomic E-state index is 0.122. The molecule has 0 bridgehead atoms. The van der Waals surface area contributed by atoms with Gasteiger partial charge in [0.05, 0.1) is 5.56 Å². The van der Waals surface area contributed by atoms with E-state index in [0.717, 1.165) is 22.8 Å². The molecule has 0 radical (unpaired) electrons. The van der Waals surface area contributed by atoms with Crippen molar-refractivity contribution in [1.29, 1.82) is 0 Å². The van der Waals surface area contributed by atoms with Crippen LogP contribution in [-0.4, -0.2) is 5.11 Å². The first kappa shape index (κ1) is 12.1. The summed E-state index contributed by atoms with van der Waals surface area (Å²) < 4.78 is 11.5. The van der Waals surface area contributed by atoms with E-state index in [1.54, 1.807) is 0 Å². The first-order valence-corrected chi connectivity index (χ1v) is 6.94. The maximum atomic E-state index is 9.33.